The lowest BCUT2D eigenvalue weighted by Crippen LogP contribution is -2.54. The molecule has 1 aliphatic heterocycles. The molecule has 1 saturated heterocycles. The molecule has 0 amide bonds. The third-order valence-corrected chi connectivity index (χ3v) is 6.72. The minimum absolute atomic E-state index is 0. The summed E-state index contributed by atoms with van der Waals surface area (Å²) in [6.45, 7) is 9.79. The summed E-state index contributed by atoms with van der Waals surface area (Å²) in [5, 5.41) is 6.99. The van der Waals surface area contributed by atoms with Crippen LogP contribution in [0.1, 0.15) is 23.7 Å². The number of rotatable bonds is 8. The van der Waals surface area contributed by atoms with Crippen molar-refractivity contribution in [1.82, 2.24) is 19.7 Å². The predicted molar refractivity (Wildman–Crippen MR) is 135 cm³/mol. The number of guanidine groups is 1. The van der Waals surface area contributed by atoms with Crippen LogP contribution in [0.2, 0.25) is 0 Å². The van der Waals surface area contributed by atoms with Crippen LogP contribution >= 0.6 is 24.0 Å². The lowest BCUT2D eigenvalue weighted by molar-refractivity contribution is 0.259. The number of hydrogen-bond acceptors (Lipinski definition) is 6. The molecule has 0 radical (unpaired) electrons. The largest absolute Gasteiger partial charge is 0.492 e. The summed E-state index contributed by atoms with van der Waals surface area (Å²) in [4.78, 5) is 6.75. The first-order chi connectivity index (χ1) is 14.9. The van der Waals surface area contributed by atoms with Crippen molar-refractivity contribution < 1.29 is 17.7 Å². The van der Waals surface area contributed by atoms with E-state index < -0.39 is 10.0 Å². The molecule has 0 unspecified atom stereocenters. The average molecular weight is 577 g/mol. The Balaban J connectivity index is 0.00000363. The maximum atomic E-state index is 12.6. The Morgan fingerprint density at radius 3 is 2.47 bits per heavy atom. The zero-order valence-corrected chi connectivity index (χ0v) is 21.9. The van der Waals surface area contributed by atoms with Gasteiger partial charge in [0.1, 0.15) is 24.4 Å². The maximum absolute atomic E-state index is 12.6. The van der Waals surface area contributed by atoms with Gasteiger partial charge in [-0.3, -0.25) is 0 Å². The van der Waals surface area contributed by atoms with Crippen molar-refractivity contribution >= 4 is 40.0 Å². The summed E-state index contributed by atoms with van der Waals surface area (Å²) in [7, 11) is -3.42. The van der Waals surface area contributed by atoms with E-state index in [-0.39, 0.29) is 29.7 Å². The molecule has 11 heteroatoms. The van der Waals surface area contributed by atoms with Gasteiger partial charge in [-0.2, -0.15) is 4.31 Å². The predicted octanol–water partition coefficient (Wildman–Crippen LogP) is 2.40. The monoisotopic (exact) mass is 577 g/mol. The smallest absolute Gasteiger partial charge is 0.220 e. The average Bonchev–Trinajstić information content (AvgIpc) is 3.22. The van der Waals surface area contributed by atoms with E-state index in [0.717, 1.165) is 18.3 Å². The van der Waals surface area contributed by atoms with Crippen molar-refractivity contribution in [1.29, 1.82) is 0 Å². The highest BCUT2D eigenvalue weighted by molar-refractivity contribution is 14.0. The highest BCUT2D eigenvalue weighted by Crippen LogP contribution is 2.16. The molecule has 2 heterocycles. The van der Waals surface area contributed by atoms with Crippen molar-refractivity contribution in [3.63, 3.8) is 0 Å². The van der Waals surface area contributed by atoms with E-state index in [2.05, 4.69) is 26.4 Å². The highest BCUT2D eigenvalue weighted by atomic mass is 127. The van der Waals surface area contributed by atoms with Crippen LogP contribution in [-0.4, -0.2) is 74.6 Å². The first-order valence-electron chi connectivity index (χ1n) is 10.5. The van der Waals surface area contributed by atoms with Gasteiger partial charge in [-0.05, 0) is 44.0 Å². The summed E-state index contributed by atoms with van der Waals surface area (Å²) in [6.07, 6.45) is 1.38. The van der Waals surface area contributed by atoms with E-state index in [9.17, 15) is 8.42 Å². The maximum Gasteiger partial charge on any atom is 0.220 e. The van der Waals surface area contributed by atoms with Gasteiger partial charge in [-0.1, -0.05) is 11.2 Å². The number of nitrogens with one attached hydrogen (secondary N) is 1. The fraction of sp³-hybridized carbons (Fsp3) is 0.524. The summed E-state index contributed by atoms with van der Waals surface area (Å²) >= 11 is 0. The second-order valence-electron chi connectivity index (χ2n) is 7.54. The molecule has 1 N–H and O–H groups in total. The van der Waals surface area contributed by atoms with Gasteiger partial charge in [0.15, 0.2) is 5.96 Å². The topological polar surface area (TPSA) is 100 Å². The number of aliphatic imine (C=N–C) groups is 1. The number of benzene rings is 1. The summed E-state index contributed by atoms with van der Waals surface area (Å²) < 4.78 is 37.3. The Morgan fingerprint density at radius 1 is 1.19 bits per heavy atom. The molecule has 1 aliphatic rings. The molecule has 9 nitrogen and oxygen atoms in total. The Hall–Kier alpha value is -1.86. The van der Waals surface area contributed by atoms with Gasteiger partial charge in [0.05, 0.1) is 12.2 Å². The molecule has 2 aromatic rings. The standard InChI is InChI=1S/C21H31N5O4S.HI/c1-4-22-21(23-6-12-29-20-14-17(2)13-18(3)15-20)25-7-9-26(10-8-25)31(27,28)16-19-5-11-30-24-19;/h5,11,13-15H,4,6-10,12,16H2,1-3H3,(H,22,23);1H. The minimum Gasteiger partial charge on any atom is -0.492 e. The van der Waals surface area contributed by atoms with Gasteiger partial charge in [0.2, 0.25) is 10.0 Å². The van der Waals surface area contributed by atoms with E-state index in [0.29, 0.717) is 45.0 Å². The highest BCUT2D eigenvalue weighted by Gasteiger charge is 2.28. The number of ether oxygens (including phenoxy) is 1. The van der Waals surface area contributed by atoms with Crippen LogP contribution in [0.4, 0.5) is 0 Å². The molecule has 1 aromatic heterocycles. The Bertz CT molecular complexity index is 954. The van der Waals surface area contributed by atoms with Crippen LogP contribution in [-0.2, 0) is 15.8 Å². The molecular weight excluding hydrogens is 545 g/mol. The lowest BCUT2D eigenvalue weighted by atomic mass is 10.1. The molecule has 3 rings (SSSR count). The number of piperazine rings is 1. The summed E-state index contributed by atoms with van der Waals surface area (Å²) in [5.41, 5.74) is 2.76. The number of aromatic nitrogens is 1. The van der Waals surface area contributed by atoms with Gasteiger partial charge >= 0.3 is 0 Å². The van der Waals surface area contributed by atoms with Gasteiger partial charge < -0.3 is 19.5 Å². The summed E-state index contributed by atoms with van der Waals surface area (Å²) in [5.74, 6) is 1.48. The van der Waals surface area contributed by atoms with Crippen molar-refractivity contribution in [3.05, 3.63) is 47.3 Å². The van der Waals surface area contributed by atoms with Crippen LogP contribution in [0.3, 0.4) is 0 Å². The van der Waals surface area contributed by atoms with E-state index in [1.54, 1.807) is 6.07 Å². The molecule has 0 spiro atoms. The molecule has 0 saturated carbocycles. The third-order valence-electron chi connectivity index (χ3n) is 4.90. The lowest BCUT2D eigenvalue weighted by Gasteiger charge is -2.35. The molecule has 0 aliphatic carbocycles. The van der Waals surface area contributed by atoms with Gasteiger partial charge in [0.25, 0.3) is 0 Å². The van der Waals surface area contributed by atoms with Crippen LogP contribution in [0.25, 0.3) is 0 Å². The fourth-order valence-electron chi connectivity index (χ4n) is 3.53. The molecule has 0 bridgehead atoms. The molecule has 0 atom stereocenters. The number of sulfonamides is 1. The third kappa shape index (κ3) is 7.62. The Morgan fingerprint density at radius 2 is 1.88 bits per heavy atom. The zero-order chi connectivity index (χ0) is 22.3. The number of aryl methyl sites for hydroxylation is 2. The van der Waals surface area contributed by atoms with Crippen LogP contribution in [0.5, 0.6) is 5.75 Å². The van der Waals surface area contributed by atoms with E-state index in [1.165, 1.54) is 21.7 Å². The molecular formula is C21H32IN5O4S. The van der Waals surface area contributed by atoms with Gasteiger partial charge in [-0.25, -0.2) is 13.4 Å². The second-order valence-corrected chi connectivity index (χ2v) is 9.51. The molecule has 1 aromatic carbocycles. The Kier molecular flexibility index (Phi) is 10.2. The van der Waals surface area contributed by atoms with E-state index in [1.807, 2.05) is 32.9 Å². The minimum atomic E-state index is -3.42. The SMILES string of the molecule is CCNC(=NCCOc1cc(C)cc(C)c1)N1CCN(S(=O)(=O)Cc2ccon2)CC1.I. The first-order valence-corrected chi connectivity index (χ1v) is 12.1. The molecule has 32 heavy (non-hydrogen) atoms. The number of nitrogens with zero attached hydrogens (tertiary/aromatic N) is 4. The molecule has 1 fully saturated rings. The number of hydrogen-bond donors (Lipinski definition) is 1. The van der Waals surface area contributed by atoms with Crippen LogP contribution < -0.4 is 10.1 Å². The number of halogens is 1. The fourth-order valence-corrected chi connectivity index (χ4v) is 4.95. The van der Waals surface area contributed by atoms with E-state index >= 15 is 0 Å². The van der Waals surface area contributed by atoms with Crippen molar-refractivity contribution in [2.45, 2.75) is 26.5 Å². The van der Waals surface area contributed by atoms with Crippen LogP contribution in [0.15, 0.2) is 40.0 Å². The van der Waals surface area contributed by atoms with Gasteiger partial charge in [0, 0.05) is 38.8 Å². The van der Waals surface area contributed by atoms with Crippen molar-refractivity contribution in [2.24, 2.45) is 4.99 Å². The Labute approximate surface area is 207 Å². The van der Waals surface area contributed by atoms with Crippen molar-refractivity contribution in [2.75, 3.05) is 45.9 Å². The molecule has 178 valence electrons. The van der Waals surface area contributed by atoms with Crippen molar-refractivity contribution in [3.8, 4) is 5.75 Å². The summed E-state index contributed by atoms with van der Waals surface area (Å²) in [6, 6.07) is 7.71. The normalized spacial score (nSPS) is 15.3. The quantitative estimate of drug-likeness (QED) is 0.223. The van der Waals surface area contributed by atoms with Crippen LogP contribution in [0, 0.1) is 13.8 Å². The first kappa shape index (κ1) is 26.4. The zero-order valence-electron chi connectivity index (χ0n) is 18.8. The second kappa shape index (κ2) is 12.4. The van der Waals surface area contributed by atoms with E-state index in [4.69, 9.17) is 9.26 Å². The van der Waals surface area contributed by atoms with Gasteiger partial charge in [-0.15, -0.1) is 24.0 Å².